The van der Waals surface area contributed by atoms with Crippen LogP contribution in [0, 0.1) is 0 Å². The summed E-state index contributed by atoms with van der Waals surface area (Å²) in [5, 5.41) is 0. The van der Waals surface area contributed by atoms with E-state index in [-0.39, 0.29) is 43.2 Å². The van der Waals surface area contributed by atoms with E-state index in [1.165, 1.54) is 0 Å². The standard InChI is InChI=1S/Ca.HO2P.O/c;1-3-2;/h;3H;/q+2;;-2/p+1. The molecule has 5 heavy (non-hydrogen) atoms. The van der Waals surface area contributed by atoms with Gasteiger partial charge in [0.1, 0.15) is 0 Å². The molecule has 0 spiro atoms. The van der Waals surface area contributed by atoms with E-state index >= 15 is 0 Å². The molecule has 3 nitrogen and oxygen atoms in total. The van der Waals surface area contributed by atoms with Crippen LogP contribution in [0.1, 0.15) is 0 Å². The van der Waals surface area contributed by atoms with E-state index in [4.69, 9.17) is 9.46 Å². The summed E-state index contributed by atoms with van der Waals surface area (Å²) in [4.78, 5) is 7.04. The minimum atomic E-state index is -1.17. The molecule has 0 aromatic rings. The molecule has 0 heterocycles. The molecule has 0 amide bonds. The van der Waals surface area contributed by atoms with Crippen LogP contribution in [0.3, 0.4) is 0 Å². The third kappa shape index (κ3) is 34.7. The molecule has 1 unspecified atom stereocenters. The summed E-state index contributed by atoms with van der Waals surface area (Å²) in [6.45, 7) is 0. The van der Waals surface area contributed by atoms with Gasteiger partial charge in [-0.15, -0.1) is 0 Å². The molecule has 0 radical (unpaired) electrons. The molecule has 0 aromatic heterocycles. The average molecular weight is 121 g/mol. The fourth-order valence-corrected chi connectivity index (χ4v) is 0. The summed E-state index contributed by atoms with van der Waals surface area (Å²) in [5.74, 6) is 0. The van der Waals surface area contributed by atoms with Crippen LogP contribution in [-0.4, -0.2) is 42.6 Å². The second-order valence-corrected chi connectivity index (χ2v) is 0.274. The predicted molar refractivity (Wildman–Crippen MR) is 17.7 cm³/mol. The molecule has 26 valence electrons. The second-order valence-electron chi connectivity index (χ2n) is 0.0913. The first kappa shape index (κ1) is 16.3. The maximum absolute atomic E-state index is 8.51. The van der Waals surface area contributed by atoms with Crippen molar-refractivity contribution in [2.45, 2.75) is 0 Å². The summed E-state index contributed by atoms with van der Waals surface area (Å²) < 4.78 is 8.51. The summed E-state index contributed by atoms with van der Waals surface area (Å²) >= 11 is 0. The van der Waals surface area contributed by atoms with Gasteiger partial charge in [-0.3, -0.25) is 0 Å². The van der Waals surface area contributed by atoms with Crippen molar-refractivity contribution in [3.05, 3.63) is 0 Å². The van der Waals surface area contributed by atoms with Gasteiger partial charge in [-0.05, 0) is 4.57 Å². The van der Waals surface area contributed by atoms with E-state index in [1.807, 2.05) is 0 Å². The van der Waals surface area contributed by atoms with Gasteiger partial charge in [0, 0.05) is 0 Å². The van der Waals surface area contributed by atoms with Crippen LogP contribution < -0.4 is 0 Å². The third-order valence-corrected chi connectivity index (χ3v) is 0. The molecule has 5 heteroatoms. The smallest absolute Gasteiger partial charge is 2.00 e. The van der Waals surface area contributed by atoms with Crippen LogP contribution in [0.15, 0.2) is 0 Å². The molecular formula is H2CaO3P+. The zero-order valence-corrected chi connectivity index (χ0v) is 5.68. The van der Waals surface area contributed by atoms with Crippen LogP contribution in [-0.2, 0) is 10.0 Å². The van der Waals surface area contributed by atoms with Gasteiger partial charge in [0.2, 0.25) is 0 Å². The van der Waals surface area contributed by atoms with Gasteiger partial charge in [0.15, 0.2) is 0 Å². The van der Waals surface area contributed by atoms with Crippen molar-refractivity contribution in [3.63, 3.8) is 0 Å². The van der Waals surface area contributed by atoms with Crippen LogP contribution >= 0.6 is 8.69 Å². The van der Waals surface area contributed by atoms with Crippen LogP contribution in [0.5, 0.6) is 0 Å². The number of rotatable bonds is 0. The monoisotopic (exact) mass is 121 g/mol. The van der Waals surface area contributed by atoms with Crippen molar-refractivity contribution in [2.24, 2.45) is 0 Å². The first-order valence-corrected chi connectivity index (χ1v) is 1.28. The van der Waals surface area contributed by atoms with Crippen molar-refractivity contribution in [2.75, 3.05) is 0 Å². The molecule has 0 rings (SSSR count). The number of hydrogen-bond acceptors (Lipinski definition) is 1. The van der Waals surface area contributed by atoms with Crippen LogP contribution in [0.4, 0.5) is 0 Å². The molecule has 0 aliphatic heterocycles. The first-order valence-electron chi connectivity index (χ1n) is 0.428. The molecule has 1 N–H and O–H groups in total. The normalized spacial score (nSPS) is 4.20. The summed E-state index contributed by atoms with van der Waals surface area (Å²) in [5.41, 5.74) is 0. The Labute approximate surface area is 61.0 Å². The Balaban J connectivity index is -0.0000000200. The Bertz CT molecular complexity index is 14.4. The van der Waals surface area contributed by atoms with Gasteiger partial charge in [0.25, 0.3) is 0 Å². The molecule has 0 aliphatic carbocycles. The quantitative estimate of drug-likeness (QED) is 0.344. The summed E-state index contributed by atoms with van der Waals surface area (Å²) in [7, 11) is -1.17. The zero-order valence-electron chi connectivity index (χ0n) is 2.47. The zero-order chi connectivity index (χ0) is 2.71. The maximum Gasteiger partial charge on any atom is 2.00 e. The van der Waals surface area contributed by atoms with Crippen molar-refractivity contribution in [1.29, 1.82) is 0 Å². The molecule has 0 fully saturated rings. The molecule has 1 atom stereocenters. The Kier molecular flexibility index (Phi) is 60.6. The largest absolute Gasteiger partial charge is 2.00 e. The second kappa shape index (κ2) is 18.6. The average Bonchev–Trinajstić information content (AvgIpc) is 0.918. The van der Waals surface area contributed by atoms with E-state index < -0.39 is 8.69 Å². The topological polar surface area (TPSA) is 65.8 Å². The molecule has 0 aromatic carbocycles. The molecule has 0 saturated carbocycles. The van der Waals surface area contributed by atoms with Crippen molar-refractivity contribution < 1.29 is 14.9 Å². The van der Waals surface area contributed by atoms with Gasteiger partial charge >= 0.3 is 46.4 Å². The molecular weight excluding hydrogens is 119 g/mol. The maximum atomic E-state index is 8.51. The Morgan fingerprint density at radius 1 is 1.60 bits per heavy atom. The van der Waals surface area contributed by atoms with Gasteiger partial charge in [-0.2, -0.15) is 4.89 Å². The van der Waals surface area contributed by atoms with E-state index in [2.05, 4.69) is 0 Å². The molecule has 0 aliphatic rings. The number of hydrogen-bond donors (Lipinski definition) is 1. The van der Waals surface area contributed by atoms with Gasteiger partial charge in [0.05, 0.1) is 0 Å². The fraction of sp³-hybridized carbons (Fsp3) is 0. The summed E-state index contributed by atoms with van der Waals surface area (Å²) in [6.07, 6.45) is 0. The van der Waals surface area contributed by atoms with E-state index in [1.54, 1.807) is 0 Å². The Morgan fingerprint density at radius 3 is 1.60 bits per heavy atom. The summed E-state index contributed by atoms with van der Waals surface area (Å²) in [6, 6.07) is 0. The minimum Gasteiger partial charge on any atom is -2.00 e. The van der Waals surface area contributed by atoms with E-state index in [0.29, 0.717) is 0 Å². The predicted octanol–water partition coefficient (Wildman–Crippen LogP) is -0.582. The first-order chi connectivity index (χ1) is 1.41. The van der Waals surface area contributed by atoms with Gasteiger partial charge < -0.3 is 5.48 Å². The van der Waals surface area contributed by atoms with E-state index in [0.717, 1.165) is 0 Å². The van der Waals surface area contributed by atoms with Crippen LogP contribution in [0.25, 0.3) is 0 Å². The van der Waals surface area contributed by atoms with Crippen molar-refractivity contribution in [3.8, 4) is 0 Å². The molecule has 0 bridgehead atoms. The Morgan fingerprint density at radius 2 is 1.60 bits per heavy atom. The van der Waals surface area contributed by atoms with Gasteiger partial charge in [-0.1, -0.05) is 0 Å². The minimum absolute atomic E-state index is 0. The van der Waals surface area contributed by atoms with Gasteiger partial charge in [-0.25, -0.2) is 0 Å². The Hall–Kier alpha value is 1.28. The third-order valence-electron chi connectivity index (χ3n) is 0. The van der Waals surface area contributed by atoms with Crippen molar-refractivity contribution >= 4 is 46.4 Å². The molecule has 0 saturated heterocycles. The van der Waals surface area contributed by atoms with Crippen molar-refractivity contribution in [1.82, 2.24) is 0 Å². The SMILES string of the molecule is O=[PH+]O.[Ca+2].[O-2]. The fourth-order valence-electron chi connectivity index (χ4n) is 0. The van der Waals surface area contributed by atoms with Crippen LogP contribution in [0.2, 0.25) is 0 Å². The van der Waals surface area contributed by atoms with E-state index in [9.17, 15) is 0 Å².